The van der Waals surface area contributed by atoms with Gasteiger partial charge in [0.25, 0.3) is 15.9 Å². The fourth-order valence-corrected chi connectivity index (χ4v) is 7.39. The van der Waals surface area contributed by atoms with Gasteiger partial charge in [0.1, 0.15) is 23.9 Å². The smallest absolute Gasteiger partial charge is 0.268 e. The van der Waals surface area contributed by atoms with E-state index in [4.69, 9.17) is 23.7 Å². The van der Waals surface area contributed by atoms with Crippen LogP contribution in [0.1, 0.15) is 75.3 Å². The highest BCUT2D eigenvalue weighted by Gasteiger charge is 2.46. The van der Waals surface area contributed by atoms with Gasteiger partial charge in [0.15, 0.2) is 5.82 Å². The van der Waals surface area contributed by atoms with Crippen LogP contribution < -0.4 is 4.31 Å². The van der Waals surface area contributed by atoms with E-state index in [1.807, 2.05) is 43.0 Å². The fourth-order valence-electron chi connectivity index (χ4n) is 5.81. The molecule has 1 aliphatic rings. The molecule has 1 amide bonds. The minimum absolute atomic E-state index is 0.00773. The van der Waals surface area contributed by atoms with Gasteiger partial charge < -0.3 is 18.7 Å². The normalized spacial score (nSPS) is 16.6. The number of aliphatic imine (C=N–C) groups is 1. The summed E-state index contributed by atoms with van der Waals surface area (Å²) in [6.45, 7) is 10.8. The predicted octanol–water partition coefficient (Wildman–Crippen LogP) is 6.41. The molecule has 0 radical (unpaired) electrons. The van der Waals surface area contributed by atoms with Crippen molar-refractivity contribution in [1.82, 2.24) is 10.1 Å². The van der Waals surface area contributed by atoms with Crippen LogP contribution in [0.25, 0.3) is 11.1 Å². The molecule has 0 aliphatic carbocycles. The van der Waals surface area contributed by atoms with Crippen LogP contribution in [0.3, 0.4) is 0 Å². The fraction of sp³-hybridized carbons (Fsp3) is 0.514. The molecule has 0 N–H and O–H groups in total. The summed E-state index contributed by atoms with van der Waals surface area (Å²) in [6.07, 6.45) is 3.76. The van der Waals surface area contributed by atoms with Gasteiger partial charge in [-0.25, -0.2) is 12.7 Å². The Hall–Kier alpha value is -3.58. The van der Waals surface area contributed by atoms with Crippen molar-refractivity contribution in [2.24, 2.45) is 4.99 Å². The molecule has 0 saturated carbocycles. The summed E-state index contributed by atoms with van der Waals surface area (Å²) in [4.78, 5) is 20.9. The molecule has 1 atom stereocenters. The second-order valence-corrected chi connectivity index (χ2v) is 13.6. The average Bonchev–Trinajstić information content (AvgIpc) is 3.54. The number of sulfonamides is 1. The molecule has 47 heavy (non-hydrogen) atoms. The Labute approximate surface area is 278 Å². The third-order valence-electron chi connectivity index (χ3n) is 8.69. The number of ether oxygens (including phenoxy) is 3. The molecule has 0 fully saturated rings. The summed E-state index contributed by atoms with van der Waals surface area (Å²) < 4.78 is 51.5. The van der Waals surface area contributed by atoms with E-state index in [0.29, 0.717) is 61.5 Å². The van der Waals surface area contributed by atoms with Crippen LogP contribution in [0.4, 0.5) is 5.82 Å². The lowest BCUT2D eigenvalue weighted by Gasteiger charge is -2.26. The van der Waals surface area contributed by atoms with Crippen LogP contribution in [0.2, 0.25) is 0 Å². The number of carbonyl (C=O) groups is 1. The third-order valence-corrected chi connectivity index (χ3v) is 10.5. The maximum Gasteiger partial charge on any atom is 0.268 e. The lowest BCUT2D eigenvalue weighted by Crippen LogP contribution is -2.42. The van der Waals surface area contributed by atoms with Crippen LogP contribution in [-0.2, 0) is 42.2 Å². The van der Waals surface area contributed by atoms with E-state index >= 15 is 0 Å². The first-order valence-corrected chi connectivity index (χ1v) is 17.7. The predicted molar refractivity (Wildman–Crippen MR) is 182 cm³/mol. The zero-order valence-corrected chi connectivity index (χ0v) is 29.5. The first-order valence-electron chi connectivity index (χ1n) is 16.2. The molecule has 3 aromatic rings. The Bertz CT molecular complexity index is 1670. The number of hydrogen-bond donors (Lipinski definition) is 0. The Morgan fingerprint density at radius 3 is 2.43 bits per heavy atom. The second kappa shape index (κ2) is 16.0. The molecule has 12 heteroatoms. The maximum absolute atomic E-state index is 14.3. The first-order chi connectivity index (χ1) is 22.6. The highest BCUT2D eigenvalue weighted by atomic mass is 32.2. The Morgan fingerprint density at radius 2 is 1.79 bits per heavy atom. The number of unbranched alkanes of at least 4 members (excludes halogenated alkanes) is 1. The highest BCUT2D eigenvalue weighted by Crippen LogP contribution is 2.37. The zero-order valence-electron chi connectivity index (χ0n) is 28.7. The van der Waals surface area contributed by atoms with Gasteiger partial charge in [0.05, 0.1) is 18.0 Å². The lowest BCUT2D eigenvalue weighted by molar-refractivity contribution is -0.132. The van der Waals surface area contributed by atoms with Gasteiger partial charge in [-0.05, 0) is 56.4 Å². The molecule has 1 unspecified atom stereocenters. The van der Waals surface area contributed by atoms with Crippen LogP contribution in [0.5, 0.6) is 0 Å². The number of aryl methyl sites for hydroxylation is 1. The molecule has 4 rings (SSSR count). The van der Waals surface area contributed by atoms with Gasteiger partial charge in [0.2, 0.25) is 0 Å². The summed E-state index contributed by atoms with van der Waals surface area (Å²) >= 11 is 0. The van der Waals surface area contributed by atoms with Crippen LogP contribution in [-0.4, -0.2) is 69.9 Å². The average molecular weight is 669 g/mol. The van der Waals surface area contributed by atoms with E-state index in [0.717, 1.165) is 34.1 Å². The molecule has 1 aliphatic heterocycles. The Balaban J connectivity index is 1.76. The van der Waals surface area contributed by atoms with Crippen LogP contribution >= 0.6 is 0 Å². The van der Waals surface area contributed by atoms with Gasteiger partial charge in [-0.15, -0.1) is 0 Å². The number of carbonyl (C=O) groups excluding carboxylic acids is 1. The number of rotatable bonds is 18. The second-order valence-electron chi connectivity index (χ2n) is 11.7. The van der Waals surface area contributed by atoms with Crippen molar-refractivity contribution in [1.29, 1.82) is 0 Å². The van der Waals surface area contributed by atoms with Crippen LogP contribution in [0.15, 0.2) is 56.9 Å². The van der Waals surface area contributed by atoms with E-state index in [9.17, 15) is 13.2 Å². The molecule has 0 bridgehead atoms. The molecular formula is C35H48N4O7S. The van der Waals surface area contributed by atoms with Gasteiger partial charge in [0, 0.05) is 51.4 Å². The van der Waals surface area contributed by atoms with Crippen molar-refractivity contribution in [3.8, 4) is 11.1 Å². The summed E-state index contributed by atoms with van der Waals surface area (Å²) in [5, 5.41) is 4.03. The SMILES string of the molecule is CCCCC1=NC(CC)(CCOC)C(=O)N1Cc1ccc(-c2ccccc2S(=O)(=O)N(COC)c2noc(C)c2C)c(COCC)c1. The minimum atomic E-state index is -4.15. The Kier molecular flexibility index (Phi) is 12.4. The molecular weight excluding hydrogens is 620 g/mol. The minimum Gasteiger partial charge on any atom is -0.385 e. The van der Waals surface area contributed by atoms with Gasteiger partial charge in [-0.3, -0.25) is 14.7 Å². The van der Waals surface area contributed by atoms with E-state index in [1.54, 1.807) is 39.2 Å². The number of methoxy groups -OCH3 is 2. The molecule has 2 heterocycles. The van der Waals surface area contributed by atoms with Crippen molar-refractivity contribution < 1.29 is 31.9 Å². The zero-order chi connectivity index (χ0) is 34.2. The summed E-state index contributed by atoms with van der Waals surface area (Å²) in [5.74, 6) is 1.49. The Morgan fingerprint density at radius 1 is 1.02 bits per heavy atom. The lowest BCUT2D eigenvalue weighted by atomic mass is 9.92. The van der Waals surface area contributed by atoms with E-state index in [1.165, 1.54) is 7.11 Å². The molecule has 2 aromatic carbocycles. The monoisotopic (exact) mass is 668 g/mol. The van der Waals surface area contributed by atoms with Gasteiger partial charge in [-0.2, -0.15) is 0 Å². The number of aromatic nitrogens is 1. The number of amides is 1. The highest BCUT2D eigenvalue weighted by molar-refractivity contribution is 7.93. The van der Waals surface area contributed by atoms with E-state index in [2.05, 4.69) is 12.1 Å². The molecule has 0 spiro atoms. The van der Waals surface area contributed by atoms with Gasteiger partial charge >= 0.3 is 0 Å². The number of benzene rings is 2. The summed E-state index contributed by atoms with van der Waals surface area (Å²) in [7, 11) is -1.08. The van der Waals surface area contributed by atoms with Crippen molar-refractivity contribution in [3.63, 3.8) is 0 Å². The van der Waals surface area contributed by atoms with E-state index in [-0.39, 0.29) is 30.0 Å². The molecule has 256 valence electrons. The third kappa shape index (κ3) is 7.61. The molecule has 1 aromatic heterocycles. The van der Waals surface area contributed by atoms with Gasteiger partial charge in [-0.1, -0.05) is 61.8 Å². The van der Waals surface area contributed by atoms with Crippen molar-refractivity contribution >= 4 is 27.6 Å². The number of anilines is 1. The summed E-state index contributed by atoms with van der Waals surface area (Å²) in [6, 6.07) is 12.7. The largest absolute Gasteiger partial charge is 0.385 e. The molecule has 0 saturated heterocycles. The van der Waals surface area contributed by atoms with Crippen molar-refractivity contribution in [2.45, 2.75) is 90.3 Å². The quantitative estimate of drug-likeness (QED) is 0.143. The molecule has 11 nitrogen and oxygen atoms in total. The maximum atomic E-state index is 14.3. The standard InChI is InChI=1S/C35H48N4O7S/c1-8-11-16-32-36-35(9-2,19-20-43-6)34(40)38(32)22-27-17-18-29(28(21-27)23-45-10-3)30-14-12-13-15-31(30)47(41,42)39(24-44-7)33-25(4)26(5)46-37-33/h12-15,17-18,21H,8-11,16,19-20,22-24H2,1-7H3. The number of amidine groups is 1. The first kappa shape index (κ1) is 36.3. The van der Waals surface area contributed by atoms with Crippen LogP contribution in [0, 0.1) is 13.8 Å². The number of nitrogens with zero attached hydrogens (tertiary/aromatic N) is 4. The topological polar surface area (TPSA) is 124 Å². The van der Waals surface area contributed by atoms with Crippen molar-refractivity contribution in [3.05, 3.63) is 64.9 Å². The van der Waals surface area contributed by atoms with E-state index < -0.39 is 15.6 Å². The number of hydrogen-bond acceptors (Lipinski definition) is 9. The van der Waals surface area contributed by atoms with Crippen molar-refractivity contribution in [2.75, 3.05) is 38.5 Å². The summed E-state index contributed by atoms with van der Waals surface area (Å²) in [5.41, 5.74) is 2.71.